The first-order chi connectivity index (χ1) is 23.2. The standard InChI is InChI=1S/C37H51N7O3S/c1-4-42-24-28-8-5-6-9-33(28)37(26-42,34-10-7-11-35(34)40-36(45)38-2)29-16-18-43(19-17-29)21-27-22-44(23-27)30-12-14-31(15-13-30)48(46,47)32-20-39-41(3)25-32/h5-6,8-9,12-15,20,25,27,29,34-35H,4,7,10-11,16-19,21-24,26H2,1-3H3,(H2,38,40,45)/t34-,35-,37?/m0/s1. The molecule has 258 valence electrons. The Hall–Kier alpha value is -3.41. The summed E-state index contributed by atoms with van der Waals surface area (Å²) in [6.07, 6.45) is 8.67. The highest BCUT2D eigenvalue weighted by atomic mass is 32.2. The van der Waals surface area contributed by atoms with Crippen LogP contribution in [0.2, 0.25) is 0 Å². The zero-order chi connectivity index (χ0) is 33.5. The summed E-state index contributed by atoms with van der Waals surface area (Å²) in [6.45, 7) is 10.7. The lowest BCUT2D eigenvalue weighted by Gasteiger charge is -2.55. The predicted molar refractivity (Wildman–Crippen MR) is 188 cm³/mol. The van der Waals surface area contributed by atoms with E-state index in [1.54, 1.807) is 26.2 Å². The zero-order valence-corrected chi connectivity index (χ0v) is 29.5. The Morgan fingerprint density at radius 2 is 1.73 bits per heavy atom. The summed E-state index contributed by atoms with van der Waals surface area (Å²) in [4.78, 5) is 20.8. The predicted octanol–water partition coefficient (Wildman–Crippen LogP) is 4.27. The smallest absolute Gasteiger partial charge is 0.314 e. The van der Waals surface area contributed by atoms with Crippen LogP contribution in [0.1, 0.15) is 50.2 Å². The summed E-state index contributed by atoms with van der Waals surface area (Å²) >= 11 is 0. The van der Waals surface area contributed by atoms with Gasteiger partial charge in [0.05, 0.1) is 11.1 Å². The number of anilines is 1. The number of nitrogens with zero attached hydrogens (tertiary/aromatic N) is 5. The van der Waals surface area contributed by atoms with Crippen LogP contribution in [0.25, 0.3) is 0 Å². The maximum Gasteiger partial charge on any atom is 0.314 e. The molecule has 2 amide bonds. The van der Waals surface area contributed by atoms with E-state index < -0.39 is 9.84 Å². The molecule has 4 aliphatic rings. The Labute approximate surface area is 285 Å². The van der Waals surface area contributed by atoms with Crippen molar-refractivity contribution in [2.45, 2.75) is 66.8 Å². The normalized spacial score (nSPS) is 25.9. The van der Waals surface area contributed by atoms with Crippen LogP contribution >= 0.6 is 0 Å². The molecule has 48 heavy (non-hydrogen) atoms. The second-order valence-electron chi connectivity index (χ2n) is 14.6. The first-order valence-corrected chi connectivity index (χ1v) is 19.3. The van der Waals surface area contributed by atoms with E-state index in [1.165, 1.54) is 41.0 Å². The maximum atomic E-state index is 13.0. The number of amides is 2. The summed E-state index contributed by atoms with van der Waals surface area (Å²) < 4.78 is 27.5. The third-order valence-corrected chi connectivity index (χ3v) is 13.6. The molecule has 10 nitrogen and oxygen atoms in total. The Kier molecular flexibility index (Phi) is 9.30. The van der Waals surface area contributed by atoms with Gasteiger partial charge >= 0.3 is 6.03 Å². The monoisotopic (exact) mass is 673 g/mol. The van der Waals surface area contributed by atoms with E-state index in [9.17, 15) is 13.2 Å². The van der Waals surface area contributed by atoms with Crippen molar-refractivity contribution in [1.29, 1.82) is 0 Å². The van der Waals surface area contributed by atoms with Gasteiger partial charge in [0.15, 0.2) is 0 Å². The molecule has 0 spiro atoms. The fraction of sp³-hybridized carbons (Fsp3) is 0.568. The highest BCUT2D eigenvalue weighted by Gasteiger charge is 2.54. The number of aromatic nitrogens is 2. The number of fused-ring (bicyclic) bond motifs is 1. The Balaban J connectivity index is 1.01. The van der Waals surface area contributed by atoms with Crippen LogP contribution < -0.4 is 15.5 Å². The number of sulfone groups is 1. The van der Waals surface area contributed by atoms with Gasteiger partial charge in [-0.15, -0.1) is 0 Å². The molecule has 2 saturated heterocycles. The van der Waals surface area contributed by atoms with Gasteiger partial charge in [-0.2, -0.15) is 5.10 Å². The number of aryl methyl sites for hydroxylation is 1. The van der Waals surface area contributed by atoms with Crippen molar-refractivity contribution >= 4 is 21.6 Å². The number of rotatable bonds is 9. The molecule has 1 aliphatic carbocycles. The molecule has 2 aromatic carbocycles. The van der Waals surface area contributed by atoms with Crippen molar-refractivity contribution in [2.24, 2.45) is 24.8 Å². The molecule has 1 aromatic heterocycles. The van der Waals surface area contributed by atoms with E-state index in [0.29, 0.717) is 22.6 Å². The topological polar surface area (TPSA) is 103 Å². The summed E-state index contributed by atoms with van der Waals surface area (Å²) in [7, 11) is -0.130. The van der Waals surface area contributed by atoms with E-state index in [2.05, 4.69) is 61.6 Å². The largest absolute Gasteiger partial charge is 0.371 e. The SMILES string of the molecule is CCN1Cc2ccccc2C(C2CCN(CC3CN(c4ccc(S(=O)(=O)c5cnn(C)c5)cc4)C3)CC2)([C@H]2CCC[C@@H]2NC(=O)NC)C1. The molecule has 1 unspecified atom stereocenters. The van der Waals surface area contributed by atoms with Crippen LogP contribution in [0.3, 0.4) is 0 Å². The van der Waals surface area contributed by atoms with Crippen molar-refractivity contribution in [1.82, 2.24) is 30.2 Å². The number of piperidine rings is 1. The molecule has 11 heteroatoms. The minimum Gasteiger partial charge on any atom is -0.371 e. The summed E-state index contributed by atoms with van der Waals surface area (Å²) in [5.41, 5.74) is 4.11. The zero-order valence-electron chi connectivity index (χ0n) is 28.6. The summed E-state index contributed by atoms with van der Waals surface area (Å²) in [5, 5.41) is 10.2. The summed E-state index contributed by atoms with van der Waals surface area (Å²) in [6, 6.07) is 16.6. The number of benzene rings is 2. The molecule has 3 fully saturated rings. The fourth-order valence-electron chi connectivity index (χ4n) is 9.45. The van der Waals surface area contributed by atoms with Gasteiger partial charge in [-0.3, -0.25) is 9.58 Å². The number of nitrogens with one attached hydrogen (secondary N) is 2. The first kappa shape index (κ1) is 33.1. The Morgan fingerprint density at radius 1 is 0.979 bits per heavy atom. The van der Waals surface area contributed by atoms with Crippen molar-refractivity contribution in [3.63, 3.8) is 0 Å². The molecule has 3 aromatic rings. The average Bonchev–Trinajstić information content (AvgIpc) is 3.75. The number of hydrogen-bond acceptors (Lipinski definition) is 7. The van der Waals surface area contributed by atoms with Gasteiger partial charge < -0.3 is 20.4 Å². The quantitative estimate of drug-likeness (QED) is 0.350. The van der Waals surface area contributed by atoms with E-state index in [4.69, 9.17) is 0 Å². The van der Waals surface area contributed by atoms with Crippen LogP contribution in [-0.2, 0) is 28.8 Å². The van der Waals surface area contributed by atoms with Crippen molar-refractivity contribution < 1.29 is 13.2 Å². The maximum absolute atomic E-state index is 13.0. The average molecular weight is 674 g/mol. The molecule has 4 heterocycles. The molecule has 1 saturated carbocycles. The lowest BCUT2D eigenvalue weighted by Crippen LogP contribution is -2.60. The number of urea groups is 1. The van der Waals surface area contributed by atoms with Crippen molar-refractivity contribution in [3.05, 3.63) is 72.1 Å². The number of likely N-dealkylation sites (tertiary alicyclic amines) is 1. The van der Waals surface area contributed by atoms with E-state index in [-0.39, 0.29) is 22.4 Å². The van der Waals surface area contributed by atoms with E-state index in [1.807, 2.05) is 12.1 Å². The van der Waals surface area contributed by atoms with Crippen molar-refractivity contribution in [2.75, 3.05) is 57.8 Å². The molecular formula is C37H51N7O3S. The van der Waals surface area contributed by atoms with Crippen LogP contribution in [0.4, 0.5) is 10.5 Å². The molecule has 2 N–H and O–H groups in total. The van der Waals surface area contributed by atoms with Gasteiger partial charge in [0.25, 0.3) is 0 Å². The highest BCUT2D eigenvalue weighted by molar-refractivity contribution is 7.91. The second kappa shape index (κ2) is 13.5. The van der Waals surface area contributed by atoms with Crippen LogP contribution in [0.15, 0.2) is 70.7 Å². The fourth-order valence-corrected chi connectivity index (χ4v) is 10.7. The molecule has 3 aliphatic heterocycles. The number of carbonyl (C=O) groups excluding carboxylic acids is 1. The van der Waals surface area contributed by atoms with E-state index >= 15 is 0 Å². The van der Waals surface area contributed by atoms with Gasteiger partial charge in [0, 0.05) is 76.1 Å². The van der Waals surface area contributed by atoms with Gasteiger partial charge in [0.1, 0.15) is 4.90 Å². The third kappa shape index (κ3) is 6.13. The van der Waals surface area contributed by atoms with Crippen LogP contribution in [0.5, 0.6) is 0 Å². The first-order valence-electron chi connectivity index (χ1n) is 17.8. The van der Waals surface area contributed by atoms with Gasteiger partial charge in [-0.05, 0) is 92.5 Å². The van der Waals surface area contributed by atoms with Crippen LogP contribution in [-0.4, -0.2) is 92.9 Å². The van der Waals surface area contributed by atoms with Gasteiger partial charge in [0.2, 0.25) is 9.84 Å². The highest BCUT2D eigenvalue weighted by Crippen LogP contribution is 2.53. The molecule has 7 rings (SSSR count). The Bertz CT molecular complexity index is 1700. The van der Waals surface area contributed by atoms with Gasteiger partial charge in [-0.25, -0.2) is 13.2 Å². The lowest BCUT2D eigenvalue weighted by molar-refractivity contribution is 0.0288. The minimum absolute atomic E-state index is 0.0308. The number of carbonyl (C=O) groups is 1. The third-order valence-electron chi connectivity index (χ3n) is 11.9. The lowest BCUT2D eigenvalue weighted by atomic mass is 9.56. The minimum atomic E-state index is -3.57. The van der Waals surface area contributed by atoms with E-state index in [0.717, 1.165) is 77.3 Å². The van der Waals surface area contributed by atoms with Gasteiger partial charge in [-0.1, -0.05) is 37.6 Å². The molecule has 0 radical (unpaired) electrons. The summed E-state index contributed by atoms with van der Waals surface area (Å²) in [5.74, 6) is 1.60. The Morgan fingerprint density at radius 3 is 2.42 bits per heavy atom. The molecular weight excluding hydrogens is 623 g/mol. The molecule has 3 atom stereocenters. The van der Waals surface area contributed by atoms with Crippen LogP contribution in [0, 0.1) is 17.8 Å². The second-order valence-corrected chi connectivity index (χ2v) is 16.5. The molecule has 0 bridgehead atoms. The number of hydrogen-bond donors (Lipinski definition) is 2. The number of likely N-dealkylation sites (N-methyl/N-ethyl adjacent to an activating group) is 1. The van der Waals surface area contributed by atoms with Crippen molar-refractivity contribution in [3.8, 4) is 0 Å².